The number of piperazine rings is 1. The molecule has 1 aliphatic heterocycles. The number of aryl methyl sites for hydroxylation is 1. The van der Waals surface area contributed by atoms with Crippen molar-refractivity contribution >= 4 is 45.4 Å². The molecule has 4 aromatic rings. The molecule has 2 aromatic carbocycles. The fourth-order valence-corrected chi connectivity index (χ4v) is 4.81. The van der Waals surface area contributed by atoms with Crippen LogP contribution in [0.5, 0.6) is 0 Å². The Balaban J connectivity index is 0.000000470. The van der Waals surface area contributed by atoms with Crippen molar-refractivity contribution in [1.29, 1.82) is 5.26 Å². The number of furan rings is 1. The van der Waals surface area contributed by atoms with Gasteiger partial charge in [-0.1, -0.05) is 0 Å². The van der Waals surface area contributed by atoms with Crippen LogP contribution in [0.2, 0.25) is 0 Å². The number of carbonyl (C=O) groups excluding carboxylic acids is 1. The minimum absolute atomic E-state index is 0.199. The molecular formula is C29H31N5O6. The third kappa shape index (κ3) is 7.18. The minimum atomic E-state index is -1.31. The predicted molar refractivity (Wildman–Crippen MR) is 149 cm³/mol. The summed E-state index contributed by atoms with van der Waals surface area (Å²) in [5.41, 5.74) is 10.3. The summed E-state index contributed by atoms with van der Waals surface area (Å²) in [5.74, 6) is -2.97. The van der Waals surface area contributed by atoms with E-state index in [0.717, 1.165) is 68.6 Å². The number of hydrogen-bond acceptors (Lipinski definition) is 7. The van der Waals surface area contributed by atoms with E-state index >= 15 is 0 Å². The number of nitrogens with two attached hydrogens (primary N) is 1. The number of aromatic amines is 1. The summed E-state index contributed by atoms with van der Waals surface area (Å²) < 4.78 is 5.49. The van der Waals surface area contributed by atoms with Crippen molar-refractivity contribution in [3.05, 3.63) is 65.5 Å². The van der Waals surface area contributed by atoms with Crippen LogP contribution in [0.4, 0.5) is 5.69 Å². The molecule has 0 radical (unpaired) electrons. The van der Waals surface area contributed by atoms with Crippen molar-refractivity contribution < 1.29 is 29.0 Å². The van der Waals surface area contributed by atoms with Crippen molar-refractivity contribution in [2.24, 2.45) is 5.73 Å². The van der Waals surface area contributed by atoms with Gasteiger partial charge in [0.15, 0.2) is 5.76 Å². The number of carboxylic acid groups (broad SMARTS) is 2. The van der Waals surface area contributed by atoms with E-state index in [1.807, 2.05) is 30.3 Å². The summed E-state index contributed by atoms with van der Waals surface area (Å²) in [4.78, 5) is 38.4. The molecule has 0 saturated carbocycles. The van der Waals surface area contributed by atoms with Gasteiger partial charge < -0.3 is 30.2 Å². The lowest BCUT2D eigenvalue weighted by Crippen LogP contribution is -2.46. The molecule has 0 spiro atoms. The van der Waals surface area contributed by atoms with Gasteiger partial charge in [0.2, 0.25) is 0 Å². The van der Waals surface area contributed by atoms with Gasteiger partial charge in [0.1, 0.15) is 12.0 Å². The van der Waals surface area contributed by atoms with Crippen LogP contribution >= 0.6 is 0 Å². The van der Waals surface area contributed by atoms with E-state index in [-0.39, 0.29) is 5.76 Å². The van der Waals surface area contributed by atoms with Crippen LogP contribution in [0.3, 0.4) is 0 Å². The second-order valence-corrected chi connectivity index (χ2v) is 9.63. The minimum Gasteiger partial charge on any atom is -0.481 e. The van der Waals surface area contributed by atoms with E-state index in [4.69, 9.17) is 25.6 Å². The van der Waals surface area contributed by atoms with E-state index in [2.05, 4.69) is 33.1 Å². The number of carbonyl (C=O) groups is 3. The molecule has 1 aliphatic rings. The van der Waals surface area contributed by atoms with Gasteiger partial charge >= 0.3 is 11.9 Å². The largest absolute Gasteiger partial charge is 0.481 e. The highest BCUT2D eigenvalue weighted by Gasteiger charge is 2.18. The summed E-state index contributed by atoms with van der Waals surface area (Å²) in [6, 6.07) is 15.8. The second kappa shape index (κ2) is 12.8. The number of H-pyrrole nitrogens is 1. The third-order valence-corrected chi connectivity index (χ3v) is 6.85. The number of anilines is 1. The first-order valence-corrected chi connectivity index (χ1v) is 13.0. The van der Waals surface area contributed by atoms with Crippen LogP contribution < -0.4 is 10.6 Å². The number of amides is 1. The van der Waals surface area contributed by atoms with Gasteiger partial charge in [-0.2, -0.15) is 5.26 Å². The Morgan fingerprint density at radius 2 is 1.75 bits per heavy atom. The molecule has 1 amide bonds. The Bertz CT molecular complexity index is 1550. The van der Waals surface area contributed by atoms with Crippen LogP contribution in [0.1, 0.15) is 40.9 Å². The van der Waals surface area contributed by atoms with E-state index in [1.54, 1.807) is 6.07 Å². The zero-order valence-electron chi connectivity index (χ0n) is 21.9. The average molecular weight is 546 g/mol. The van der Waals surface area contributed by atoms with Crippen molar-refractivity contribution in [2.75, 3.05) is 37.6 Å². The topological polar surface area (TPSA) is 177 Å². The number of aromatic nitrogens is 1. The number of benzene rings is 2. The molecule has 3 heterocycles. The molecule has 0 aliphatic carbocycles. The summed E-state index contributed by atoms with van der Waals surface area (Å²) in [6.45, 7) is 5.13. The van der Waals surface area contributed by atoms with Gasteiger partial charge in [0.05, 0.1) is 11.6 Å². The first-order chi connectivity index (χ1) is 19.2. The monoisotopic (exact) mass is 545 g/mol. The van der Waals surface area contributed by atoms with Crippen LogP contribution in [-0.4, -0.2) is 70.7 Å². The van der Waals surface area contributed by atoms with Crippen LogP contribution in [0.25, 0.3) is 21.9 Å². The first-order valence-electron chi connectivity index (χ1n) is 13.0. The van der Waals surface area contributed by atoms with E-state index < -0.39 is 24.3 Å². The number of primary amides is 1. The molecular weight excluding hydrogens is 514 g/mol. The highest BCUT2D eigenvalue weighted by molar-refractivity contribution is 5.95. The number of hydrogen-bond donors (Lipinski definition) is 4. The lowest BCUT2D eigenvalue weighted by molar-refractivity contribution is -0.147. The number of nitrogens with zero attached hydrogens (tertiary/aromatic N) is 3. The quantitative estimate of drug-likeness (QED) is 0.181. The van der Waals surface area contributed by atoms with Crippen molar-refractivity contribution in [3.63, 3.8) is 0 Å². The van der Waals surface area contributed by atoms with Crippen molar-refractivity contribution in [2.45, 2.75) is 25.7 Å². The van der Waals surface area contributed by atoms with E-state index in [1.165, 1.54) is 10.9 Å². The first kappa shape index (κ1) is 28.2. The number of nitrogens with one attached hydrogen (secondary N) is 1. The lowest BCUT2D eigenvalue weighted by Gasteiger charge is -2.36. The Labute approximate surface area is 230 Å². The molecule has 1 saturated heterocycles. The number of rotatable bonds is 9. The Morgan fingerprint density at radius 1 is 1.00 bits per heavy atom. The fraction of sp³-hybridized carbons (Fsp3) is 0.310. The number of carboxylic acids is 2. The smallest absolute Gasteiger partial charge is 0.314 e. The molecule has 0 unspecified atom stereocenters. The summed E-state index contributed by atoms with van der Waals surface area (Å²) in [6.07, 6.45) is 4.57. The normalized spacial score (nSPS) is 13.5. The molecule has 0 atom stereocenters. The van der Waals surface area contributed by atoms with E-state index in [9.17, 15) is 14.4 Å². The highest BCUT2D eigenvalue weighted by Crippen LogP contribution is 2.26. The van der Waals surface area contributed by atoms with Crippen LogP contribution in [0, 0.1) is 11.3 Å². The Hall–Kier alpha value is -4.82. The van der Waals surface area contributed by atoms with Gasteiger partial charge in [-0.25, -0.2) is 0 Å². The molecule has 2 aromatic heterocycles. The number of fused-ring (bicyclic) bond motifs is 2. The number of unbranched alkanes of at least 4 members (excludes halogenated alkanes) is 1. The second-order valence-electron chi connectivity index (χ2n) is 9.63. The maximum absolute atomic E-state index is 11.4. The SMILES string of the molecule is N#Cc1ccc2[nH]cc(CCCCN3CCN(c4ccc5oc(C(N)=O)cc5c4)CC3)c2c1.O=C(O)CC(=O)O. The molecule has 5 N–H and O–H groups in total. The zero-order valence-corrected chi connectivity index (χ0v) is 21.9. The fourth-order valence-electron chi connectivity index (χ4n) is 4.81. The maximum atomic E-state index is 11.4. The number of aliphatic carboxylic acids is 2. The molecule has 11 nitrogen and oxygen atoms in total. The molecule has 40 heavy (non-hydrogen) atoms. The average Bonchev–Trinajstić information content (AvgIpc) is 3.54. The summed E-state index contributed by atoms with van der Waals surface area (Å²) in [5, 5.41) is 26.6. The van der Waals surface area contributed by atoms with E-state index in [0.29, 0.717) is 11.1 Å². The molecule has 1 fully saturated rings. The van der Waals surface area contributed by atoms with Crippen molar-refractivity contribution in [3.8, 4) is 6.07 Å². The van der Waals surface area contributed by atoms with Gasteiger partial charge in [-0.15, -0.1) is 0 Å². The maximum Gasteiger partial charge on any atom is 0.314 e. The zero-order chi connectivity index (χ0) is 28.6. The molecule has 208 valence electrons. The summed E-state index contributed by atoms with van der Waals surface area (Å²) >= 11 is 0. The van der Waals surface area contributed by atoms with Gasteiger partial charge in [0.25, 0.3) is 5.91 Å². The predicted octanol–water partition coefficient (Wildman–Crippen LogP) is 3.58. The lowest BCUT2D eigenvalue weighted by atomic mass is 10.1. The van der Waals surface area contributed by atoms with Gasteiger partial charge in [-0.05, 0) is 73.8 Å². The van der Waals surface area contributed by atoms with Crippen molar-refractivity contribution in [1.82, 2.24) is 9.88 Å². The summed E-state index contributed by atoms with van der Waals surface area (Å²) in [7, 11) is 0. The molecule has 5 rings (SSSR count). The highest BCUT2D eigenvalue weighted by atomic mass is 16.4. The molecule has 11 heteroatoms. The molecule has 0 bridgehead atoms. The van der Waals surface area contributed by atoms with Crippen LogP contribution in [0.15, 0.2) is 53.1 Å². The van der Waals surface area contributed by atoms with Gasteiger partial charge in [0, 0.05) is 54.4 Å². The standard InChI is InChI=1S/C26H27N5O2.C3H4O4/c27-16-18-4-6-23-22(13-18)19(17-29-23)3-1-2-8-30-9-11-31(12-10-30)21-5-7-24-20(14-21)15-25(33-24)26(28)32;4-2(5)1-3(6)7/h4-7,13-15,17,29H,1-3,8-12H2,(H2,28,32);1H2,(H,4,5)(H,6,7). The Morgan fingerprint density at radius 3 is 2.40 bits per heavy atom. The van der Waals surface area contributed by atoms with Gasteiger partial charge in [-0.3, -0.25) is 19.3 Å². The Kier molecular flexibility index (Phi) is 9.04. The van der Waals surface area contributed by atoms with Crippen LogP contribution in [-0.2, 0) is 16.0 Å². The number of nitriles is 1. The third-order valence-electron chi connectivity index (χ3n) is 6.85.